The second kappa shape index (κ2) is 8.03. The summed E-state index contributed by atoms with van der Waals surface area (Å²) in [5, 5.41) is 9.73. The van der Waals surface area contributed by atoms with Crippen molar-refractivity contribution in [2.45, 2.75) is 49.1 Å². The average Bonchev–Trinajstić information content (AvgIpc) is 2.79. The summed E-state index contributed by atoms with van der Waals surface area (Å²) in [5.41, 5.74) is 0. The molecule has 1 atom stereocenters. The SMILES string of the molecule is Cn1c(COc2ccccc2Cl)nnc1S[C@H]1CCCCCC1=O. The molecule has 1 aromatic carbocycles. The van der Waals surface area contributed by atoms with Crippen LogP contribution in [0.15, 0.2) is 29.4 Å². The lowest BCUT2D eigenvalue weighted by atomic mass is 10.2. The van der Waals surface area contributed by atoms with Gasteiger partial charge in [0.1, 0.15) is 18.1 Å². The molecule has 1 aliphatic carbocycles. The zero-order valence-corrected chi connectivity index (χ0v) is 15.1. The molecule has 0 saturated heterocycles. The molecule has 0 spiro atoms. The van der Waals surface area contributed by atoms with Gasteiger partial charge in [-0.3, -0.25) is 4.79 Å². The van der Waals surface area contributed by atoms with E-state index in [1.165, 1.54) is 11.8 Å². The van der Waals surface area contributed by atoms with Crippen molar-refractivity contribution in [1.29, 1.82) is 0 Å². The molecular formula is C17H20ClN3O2S. The fourth-order valence-corrected chi connectivity index (χ4v) is 3.99. The van der Waals surface area contributed by atoms with Gasteiger partial charge >= 0.3 is 0 Å². The molecule has 2 aromatic rings. The first-order valence-electron chi connectivity index (χ1n) is 8.10. The van der Waals surface area contributed by atoms with Gasteiger partial charge in [-0.1, -0.05) is 48.3 Å². The van der Waals surface area contributed by atoms with Crippen molar-refractivity contribution in [3.8, 4) is 5.75 Å². The van der Waals surface area contributed by atoms with E-state index in [1.807, 2.05) is 29.8 Å². The minimum Gasteiger partial charge on any atom is -0.484 e. The number of halogens is 1. The molecule has 1 saturated carbocycles. The van der Waals surface area contributed by atoms with Gasteiger partial charge < -0.3 is 9.30 Å². The van der Waals surface area contributed by atoms with Crippen molar-refractivity contribution in [2.75, 3.05) is 0 Å². The monoisotopic (exact) mass is 365 g/mol. The van der Waals surface area contributed by atoms with Crippen molar-refractivity contribution in [2.24, 2.45) is 7.05 Å². The molecular weight excluding hydrogens is 346 g/mol. The second-order valence-corrected chi connectivity index (χ2v) is 7.43. The van der Waals surface area contributed by atoms with Crippen molar-refractivity contribution in [3.63, 3.8) is 0 Å². The predicted molar refractivity (Wildman–Crippen MR) is 94.5 cm³/mol. The summed E-state index contributed by atoms with van der Waals surface area (Å²) in [6, 6.07) is 7.33. The Morgan fingerprint density at radius 2 is 2.12 bits per heavy atom. The Hall–Kier alpha value is -1.53. The Morgan fingerprint density at radius 1 is 1.29 bits per heavy atom. The topological polar surface area (TPSA) is 57.0 Å². The van der Waals surface area contributed by atoms with Crippen molar-refractivity contribution >= 4 is 29.1 Å². The van der Waals surface area contributed by atoms with Crippen LogP contribution < -0.4 is 4.74 Å². The Morgan fingerprint density at radius 3 is 2.96 bits per heavy atom. The number of nitrogens with zero attached hydrogens (tertiary/aromatic N) is 3. The van der Waals surface area contributed by atoms with E-state index < -0.39 is 0 Å². The van der Waals surface area contributed by atoms with Crippen LogP contribution in [0.4, 0.5) is 0 Å². The van der Waals surface area contributed by atoms with Crippen molar-refractivity contribution in [1.82, 2.24) is 14.8 Å². The Kier molecular flexibility index (Phi) is 5.79. The minimum atomic E-state index is -0.00673. The van der Waals surface area contributed by atoms with Gasteiger partial charge in [0, 0.05) is 13.5 Å². The Balaban J connectivity index is 1.65. The third-order valence-corrected chi connectivity index (χ3v) is 5.78. The van der Waals surface area contributed by atoms with E-state index >= 15 is 0 Å². The van der Waals surface area contributed by atoms with Crippen LogP contribution in [0.1, 0.15) is 37.9 Å². The molecule has 3 rings (SSSR count). The predicted octanol–water partition coefficient (Wildman–Crippen LogP) is 4.04. The van der Waals surface area contributed by atoms with Crippen LogP contribution in [-0.4, -0.2) is 25.8 Å². The number of benzene rings is 1. The maximum Gasteiger partial charge on any atom is 0.191 e. The molecule has 1 aliphatic rings. The second-order valence-electron chi connectivity index (χ2n) is 5.85. The smallest absolute Gasteiger partial charge is 0.191 e. The van der Waals surface area contributed by atoms with Crippen molar-refractivity contribution < 1.29 is 9.53 Å². The number of rotatable bonds is 5. The minimum absolute atomic E-state index is 0.00673. The largest absolute Gasteiger partial charge is 0.484 e. The first-order valence-corrected chi connectivity index (χ1v) is 9.36. The highest BCUT2D eigenvalue weighted by Gasteiger charge is 2.24. The summed E-state index contributed by atoms with van der Waals surface area (Å²) in [7, 11) is 1.90. The van der Waals surface area contributed by atoms with Gasteiger partial charge in [-0.25, -0.2) is 0 Å². The summed E-state index contributed by atoms with van der Waals surface area (Å²) in [4.78, 5) is 12.2. The van der Waals surface area contributed by atoms with Crippen LogP contribution in [0.5, 0.6) is 5.75 Å². The molecule has 24 heavy (non-hydrogen) atoms. The van der Waals surface area contributed by atoms with Gasteiger partial charge in [0.15, 0.2) is 11.0 Å². The Bertz CT molecular complexity index is 720. The zero-order valence-electron chi connectivity index (χ0n) is 13.6. The standard InChI is InChI=1S/C17H20ClN3O2S/c1-21-16(11-23-14-9-6-5-7-12(14)18)19-20-17(21)24-15-10-4-2-3-8-13(15)22/h5-7,9,15H,2-4,8,10-11H2,1H3/t15-/m0/s1. The molecule has 1 heterocycles. The van der Waals surface area contributed by atoms with E-state index in [0.717, 1.165) is 30.8 Å². The van der Waals surface area contributed by atoms with Gasteiger partial charge in [-0.05, 0) is 25.0 Å². The number of ether oxygens (including phenoxy) is 1. The lowest BCUT2D eigenvalue weighted by Gasteiger charge is -2.12. The molecule has 5 nitrogen and oxygen atoms in total. The lowest BCUT2D eigenvalue weighted by molar-refractivity contribution is -0.118. The average molecular weight is 366 g/mol. The molecule has 0 aliphatic heterocycles. The fourth-order valence-electron chi connectivity index (χ4n) is 2.66. The molecule has 128 valence electrons. The number of hydrogen-bond donors (Lipinski definition) is 0. The number of thioether (sulfide) groups is 1. The summed E-state index contributed by atoms with van der Waals surface area (Å²) >= 11 is 7.60. The quantitative estimate of drug-likeness (QED) is 0.748. The number of ketones is 1. The van der Waals surface area contributed by atoms with E-state index in [4.69, 9.17) is 16.3 Å². The number of Topliss-reactive ketones (excluding diaryl/α,β-unsaturated/α-hetero) is 1. The summed E-state index contributed by atoms with van der Waals surface area (Å²) in [6.45, 7) is 0.284. The molecule has 0 unspecified atom stereocenters. The summed E-state index contributed by atoms with van der Waals surface area (Å²) in [6.07, 6.45) is 4.84. The molecule has 0 amide bonds. The van der Waals surface area contributed by atoms with E-state index in [9.17, 15) is 4.79 Å². The third kappa shape index (κ3) is 4.11. The maximum atomic E-state index is 12.2. The number of carbonyl (C=O) groups is 1. The normalized spacial score (nSPS) is 18.4. The van der Waals surface area contributed by atoms with Crippen LogP contribution in [-0.2, 0) is 18.4 Å². The van der Waals surface area contributed by atoms with Crippen LogP contribution in [0.3, 0.4) is 0 Å². The summed E-state index contributed by atoms with van der Waals surface area (Å²) < 4.78 is 7.61. The van der Waals surface area contributed by atoms with E-state index in [1.54, 1.807) is 6.07 Å². The van der Waals surface area contributed by atoms with Crippen LogP contribution in [0.25, 0.3) is 0 Å². The number of para-hydroxylation sites is 1. The van der Waals surface area contributed by atoms with Crippen LogP contribution in [0.2, 0.25) is 5.02 Å². The number of hydrogen-bond acceptors (Lipinski definition) is 5. The number of carbonyl (C=O) groups excluding carboxylic acids is 1. The molecule has 1 aromatic heterocycles. The zero-order chi connectivity index (χ0) is 16.9. The molecule has 0 N–H and O–H groups in total. The van der Waals surface area contributed by atoms with E-state index in [0.29, 0.717) is 28.8 Å². The Labute approximate surface area is 150 Å². The molecule has 0 bridgehead atoms. The van der Waals surface area contributed by atoms with Gasteiger partial charge in [-0.2, -0.15) is 0 Å². The highest BCUT2D eigenvalue weighted by Crippen LogP contribution is 2.30. The maximum absolute atomic E-state index is 12.2. The molecule has 1 fully saturated rings. The van der Waals surface area contributed by atoms with Gasteiger partial charge in [0.25, 0.3) is 0 Å². The molecule has 7 heteroatoms. The van der Waals surface area contributed by atoms with E-state index in [2.05, 4.69) is 10.2 Å². The van der Waals surface area contributed by atoms with Gasteiger partial charge in [0.05, 0.1) is 10.3 Å². The fraction of sp³-hybridized carbons (Fsp3) is 0.471. The lowest BCUT2D eigenvalue weighted by Crippen LogP contribution is -2.16. The third-order valence-electron chi connectivity index (χ3n) is 4.11. The highest BCUT2D eigenvalue weighted by atomic mass is 35.5. The van der Waals surface area contributed by atoms with Gasteiger partial charge in [-0.15, -0.1) is 10.2 Å². The van der Waals surface area contributed by atoms with Crippen LogP contribution >= 0.6 is 23.4 Å². The van der Waals surface area contributed by atoms with Gasteiger partial charge in [0.2, 0.25) is 0 Å². The van der Waals surface area contributed by atoms with E-state index in [-0.39, 0.29) is 11.9 Å². The number of aromatic nitrogens is 3. The van der Waals surface area contributed by atoms with Crippen molar-refractivity contribution in [3.05, 3.63) is 35.1 Å². The summed E-state index contributed by atoms with van der Waals surface area (Å²) in [5.74, 6) is 1.66. The highest BCUT2D eigenvalue weighted by molar-refractivity contribution is 8.00. The first-order chi connectivity index (χ1) is 11.6. The first kappa shape index (κ1) is 17.3. The molecule has 0 radical (unpaired) electrons. The van der Waals surface area contributed by atoms with Crippen LogP contribution in [0, 0.1) is 0 Å².